The summed E-state index contributed by atoms with van der Waals surface area (Å²) in [5.41, 5.74) is 5.91. The van der Waals surface area contributed by atoms with Gasteiger partial charge in [0.05, 0.1) is 0 Å². The first kappa shape index (κ1) is 16.3. The van der Waals surface area contributed by atoms with Crippen molar-refractivity contribution < 1.29 is 4.57 Å². The summed E-state index contributed by atoms with van der Waals surface area (Å²) >= 11 is 0. The van der Waals surface area contributed by atoms with Crippen molar-refractivity contribution in [1.29, 1.82) is 0 Å². The fraction of sp³-hybridized carbons (Fsp3) is 0.286. The van der Waals surface area contributed by atoms with E-state index in [0.717, 1.165) is 23.4 Å². The van der Waals surface area contributed by atoms with Crippen LogP contribution >= 0.6 is 0 Å². The van der Waals surface area contributed by atoms with Gasteiger partial charge in [0.1, 0.15) is 12.9 Å². The van der Waals surface area contributed by atoms with Crippen molar-refractivity contribution in [2.75, 3.05) is 0 Å². The van der Waals surface area contributed by atoms with Gasteiger partial charge in [-0.1, -0.05) is 32.0 Å². The summed E-state index contributed by atoms with van der Waals surface area (Å²) in [6, 6.07) is 12.8. The van der Waals surface area contributed by atoms with E-state index in [2.05, 4.69) is 84.9 Å². The molecular weight excluding hydrogens is 294 g/mol. The topological polar surface area (TPSA) is 29.7 Å². The predicted octanol–water partition coefficient (Wildman–Crippen LogP) is 4.14. The molecule has 2 heterocycles. The van der Waals surface area contributed by atoms with Crippen molar-refractivity contribution in [1.82, 2.24) is 9.97 Å². The molecule has 0 fully saturated rings. The second-order valence-electron chi connectivity index (χ2n) is 6.71. The highest BCUT2D eigenvalue weighted by Crippen LogP contribution is 2.25. The highest BCUT2D eigenvalue weighted by Gasteiger charge is 2.14. The van der Waals surface area contributed by atoms with Crippen molar-refractivity contribution >= 4 is 0 Å². The largest absolute Gasteiger partial charge is 0.241 e. The van der Waals surface area contributed by atoms with E-state index in [-0.39, 0.29) is 0 Å². The van der Waals surface area contributed by atoms with Crippen LogP contribution in [0.4, 0.5) is 0 Å². The Kier molecular flexibility index (Phi) is 4.70. The molecule has 0 radical (unpaired) electrons. The lowest BCUT2D eigenvalue weighted by Crippen LogP contribution is -2.30. The lowest BCUT2D eigenvalue weighted by atomic mass is 10.0. The highest BCUT2D eigenvalue weighted by molar-refractivity contribution is 5.69. The number of aromatic nitrogens is 3. The number of rotatable bonds is 4. The summed E-state index contributed by atoms with van der Waals surface area (Å²) in [5, 5.41) is 0. The molecular formula is C21H24N3+. The quantitative estimate of drug-likeness (QED) is 0.677. The van der Waals surface area contributed by atoms with Crippen LogP contribution in [0.15, 0.2) is 55.0 Å². The summed E-state index contributed by atoms with van der Waals surface area (Å²) < 4.78 is 2.15. The van der Waals surface area contributed by atoms with Crippen molar-refractivity contribution in [2.24, 2.45) is 13.0 Å². The first-order valence-corrected chi connectivity index (χ1v) is 8.41. The van der Waals surface area contributed by atoms with Gasteiger partial charge in [0.25, 0.3) is 0 Å². The Hall–Kier alpha value is -2.55. The standard InChI is InChI=1S/C21H24N3/c1-15(2)11-21-22-13-18(14-23-21)17-9-10-24(4)20(12-17)19-8-6-5-7-16(19)3/h5-10,12-15H,11H2,1-4H3/q+1. The Balaban J connectivity index is 1.98. The van der Waals surface area contributed by atoms with Gasteiger partial charge in [-0.05, 0) is 30.0 Å². The molecule has 0 atom stereocenters. The van der Waals surface area contributed by atoms with Crippen molar-refractivity contribution in [2.45, 2.75) is 27.2 Å². The molecule has 0 aliphatic heterocycles. The second-order valence-corrected chi connectivity index (χ2v) is 6.71. The molecule has 0 amide bonds. The van der Waals surface area contributed by atoms with Crippen molar-refractivity contribution in [3.05, 3.63) is 66.4 Å². The lowest BCUT2D eigenvalue weighted by Gasteiger charge is -2.07. The number of hydrogen-bond acceptors (Lipinski definition) is 2. The van der Waals surface area contributed by atoms with E-state index in [1.165, 1.54) is 16.8 Å². The molecule has 3 heteroatoms. The third kappa shape index (κ3) is 3.51. The molecule has 1 aromatic carbocycles. The number of benzene rings is 1. The summed E-state index contributed by atoms with van der Waals surface area (Å²) in [6.45, 7) is 6.51. The summed E-state index contributed by atoms with van der Waals surface area (Å²) in [4.78, 5) is 9.04. The zero-order chi connectivity index (χ0) is 17.1. The van der Waals surface area contributed by atoms with Gasteiger partial charge >= 0.3 is 0 Å². The van der Waals surface area contributed by atoms with Crippen LogP contribution in [0, 0.1) is 12.8 Å². The zero-order valence-corrected chi connectivity index (χ0v) is 14.8. The normalized spacial score (nSPS) is 11.0. The molecule has 3 aromatic rings. The maximum atomic E-state index is 4.52. The second kappa shape index (κ2) is 6.91. The minimum atomic E-state index is 0.569. The molecule has 122 valence electrons. The molecule has 0 spiro atoms. The van der Waals surface area contributed by atoms with Gasteiger partial charge in [0.2, 0.25) is 5.69 Å². The van der Waals surface area contributed by atoms with E-state index >= 15 is 0 Å². The minimum Gasteiger partial charge on any atom is -0.241 e. The fourth-order valence-electron chi connectivity index (χ4n) is 2.85. The van der Waals surface area contributed by atoms with E-state index in [0.29, 0.717) is 5.92 Å². The first-order valence-electron chi connectivity index (χ1n) is 8.41. The molecule has 0 saturated heterocycles. The Morgan fingerprint density at radius 3 is 2.38 bits per heavy atom. The molecule has 0 aliphatic rings. The van der Waals surface area contributed by atoms with Crippen molar-refractivity contribution in [3.8, 4) is 22.4 Å². The van der Waals surface area contributed by atoms with Gasteiger partial charge in [0, 0.05) is 42.1 Å². The average molecular weight is 318 g/mol. The van der Waals surface area contributed by atoms with Crippen LogP contribution in [0.5, 0.6) is 0 Å². The Bertz CT molecular complexity index is 836. The molecule has 3 nitrogen and oxygen atoms in total. The van der Waals surface area contributed by atoms with Crippen molar-refractivity contribution in [3.63, 3.8) is 0 Å². The summed E-state index contributed by atoms with van der Waals surface area (Å²) in [5.74, 6) is 1.48. The van der Waals surface area contributed by atoms with Gasteiger partial charge in [-0.3, -0.25) is 0 Å². The average Bonchev–Trinajstić information content (AvgIpc) is 2.56. The molecule has 0 saturated carbocycles. The van der Waals surface area contributed by atoms with E-state index in [1.54, 1.807) is 0 Å². The smallest absolute Gasteiger partial charge is 0.213 e. The monoisotopic (exact) mass is 318 g/mol. The molecule has 0 N–H and O–H groups in total. The van der Waals surface area contributed by atoms with Gasteiger partial charge in [-0.15, -0.1) is 0 Å². The zero-order valence-electron chi connectivity index (χ0n) is 14.8. The first-order chi connectivity index (χ1) is 11.5. The maximum Gasteiger partial charge on any atom is 0.213 e. The van der Waals surface area contributed by atoms with Crippen LogP contribution in [0.25, 0.3) is 22.4 Å². The van der Waals surface area contributed by atoms with Crippen LogP contribution in [0.2, 0.25) is 0 Å². The van der Waals surface area contributed by atoms with Crippen LogP contribution in [0.1, 0.15) is 25.2 Å². The number of aryl methyl sites for hydroxylation is 2. The van der Waals surface area contributed by atoms with E-state index < -0.39 is 0 Å². The molecule has 2 aromatic heterocycles. The van der Waals surface area contributed by atoms with Gasteiger partial charge in [0.15, 0.2) is 6.20 Å². The predicted molar refractivity (Wildman–Crippen MR) is 97.4 cm³/mol. The Morgan fingerprint density at radius 1 is 1.00 bits per heavy atom. The van der Waals surface area contributed by atoms with E-state index in [1.807, 2.05) is 12.4 Å². The number of hydrogen-bond donors (Lipinski definition) is 0. The Morgan fingerprint density at radius 2 is 1.71 bits per heavy atom. The van der Waals surface area contributed by atoms with Crippen LogP contribution in [-0.4, -0.2) is 9.97 Å². The third-order valence-corrected chi connectivity index (χ3v) is 4.20. The maximum absolute atomic E-state index is 4.52. The van der Waals surface area contributed by atoms with E-state index in [9.17, 15) is 0 Å². The molecule has 3 rings (SSSR count). The van der Waals surface area contributed by atoms with Crippen LogP contribution in [-0.2, 0) is 13.5 Å². The molecule has 0 unspecified atom stereocenters. The van der Waals surface area contributed by atoms with Gasteiger partial charge < -0.3 is 0 Å². The van der Waals surface area contributed by atoms with Gasteiger partial charge in [-0.25, -0.2) is 14.5 Å². The fourth-order valence-corrected chi connectivity index (χ4v) is 2.85. The van der Waals surface area contributed by atoms with Crippen LogP contribution in [0.3, 0.4) is 0 Å². The van der Waals surface area contributed by atoms with Gasteiger partial charge in [-0.2, -0.15) is 0 Å². The number of nitrogens with zero attached hydrogens (tertiary/aromatic N) is 3. The molecule has 0 aliphatic carbocycles. The SMILES string of the molecule is Cc1ccccc1-c1cc(-c2cnc(CC(C)C)nc2)cc[n+]1C. The summed E-state index contributed by atoms with van der Waals surface area (Å²) in [6.07, 6.45) is 6.88. The molecule has 0 bridgehead atoms. The van der Waals surface area contributed by atoms with Crippen LogP contribution < -0.4 is 4.57 Å². The number of pyridine rings is 1. The lowest BCUT2D eigenvalue weighted by molar-refractivity contribution is -0.660. The molecule has 24 heavy (non-hydrogen) atoms. The van der Waals surface area contributed by atoms with E-state index in [4.69, 9.17) is 0 Å². The highest BCUT2D eigenvalue weighted by atomic mass is 14.9. The minimum absolute atomic E-state index is 0.569. The summed E-state index contributed by atoms with van der Waals surface area (Å²) in [7, 11) is 2.08. The third-order valence-electron chi connectivity index (χ3n) is 4.20. The Labute approximate surface area is 144 Å².